The summed E-state index contributed by atoms with van der Waals surface area (Å²) in [4.78, 5) is 27.4. The third kappa shape index (κ3) is 3.00. The number of carbonyl (C=O) groups excluding carboxylic acids is 2. The fraction of sp³-hybridized carbons (Fsp3) is 0.905. The van der Waals surface area contributed by atoms with Crippen LogP contribution in [0.5, 0.6) is 0 Å². The molecule has 5 fully saturated rings. The van der Waals surface area contributed by atoms with E-state index in [9.17, 15) is 9.59 Å². The van der Waals surface area contributed by atoms with Crippen molar-refractivity contribution in [3.63, 3.8) is 0 Å². The van der Waals surface area contributed by atoms with Crippen LogP contribution in [0.15, 0.2) is 0 Å². The first-order valence-electron chi connectivity index (χ1n) is 10.5. The summed E-state index contributed by atoms with van der Waals surface area (Å²) in [5, 5.41) is 3.14. The van der Waals surface area contributed by atoms with Gasteiger partial charge in [-0.1, -0.05) is 0 Å². The second-order valence-corrected chi connectivity index (χ2v) is 9.82. The van der Waals surface area contributed by atoms with Gasteiger partial charge in [-0.15, -0.1) is 0 Å². The van der Waals surface area contributed by atoms with Crippen LogP contribution < -0.4 is 5.32 Å². The highest BCUT2D eigenvalue weighted by molar-refractivity contribution is 6.35. The minimum atomic E-state index is -0.371. The van der Waals surface area contributed by atoms with Gasteiger partial charge >= 0.3 is 11.8 Å². The molecule has 3 atom stereocenters. The Kier molecular flexibility index (Phi) is 4.36. The molecule has 3 unspecified atom stereocenters. The van der Waals surface area contributed by atoms with Gasteiger partial charge in [0.2, 0.25) is 0 Å². The van der Waals surface area contributed by atoms with Crippen molar-refractivity contribution in [2.45, 2.75) is 96.7 Å². The number of hydrogen-bond acceptors (Lipinski definition) is 2. The van der Waals surface area contributed by atoms with E-state index >= 15 is 0 Å². The van der Waals surface area contributed by atoms with Gasteiger partial charge in [0.15, 0.2) is 0 Å². The van der Waals surface area contributed by atoms with E-state index in [0.717, 1.165) is 37.0 Å². The molecule has 1 aliphatic heterocycles. The van der Waals surface area contributed by atoms with Gasteiger partial charge in [-0.3, -0.25) is 9.59 Å². The van der Waals surface area contributed by atoms with Crippen molar-refractivity contribution in [3.05, 3.63) is 0 Å². The second-order valence-electron chi connectivity index (χ2n) is 9.82. The first-order valence-corrected chi connectivity index (χ1v) is 10.5. The van der Waals surface area contributed by atoms with Crippen LogP contribution in [0.4, 0.5) is 0 Å². The number of amides is 2. The quantitative estimate of drug-likeness (QED) is 0.778. The first kappa shape index (κ1) is 17.4. The fourth-order valence-corrected chi connectivity index (χ4v) is 7.06. The molecule has 140 valence electrons. The zero-order chi connectivity index (χ0) is 17.8. The summed E-state index contributed by atoms with van der Waals surface area (Å²) >= 11 is 0. The van der Waals surface area contributed by atoms with Gasteiger partial charge in [0.05, 0.1) is 0 Å². The summed E-state index contributed by atoms with van der Waals surface area (Å²) in [5.41, 5.74) is 0.254. The summed E-state index contributed by atoms with van der Waals surface area (Å²) in [6.45, 7) is 6.30. The molecule has 5 rings (SSSR count). The average Bonchev–Trinajstić information content (AvgIpc) is 2.53. The van der Waals surface area contributed by atoms with Crippen LogP contribution >= 0.6 is 0 Å². The van der Waals surface area contributed by atoms with Gasteiger partial charge in [0.25, 0.3) is 0 Å². The summed E-state index contributed by atoms with van der Waals surface area (Å²) < 4.78 is 0. The average molecular weight is 347 g/mol. The van der Waals surface area contributed by atoms with Gasteiger partial charge in [-0.25, -0.2) is 0 Å². The number of hydrogen-bond donors (Lipinski definition) is 1. The Morgan fingerprint density at radius 3 is 1.92 bits per heavy atom. The van der Waals surface area contributed by atoms with Crippen molar-refractivity contribution in [2.75, 3.05) is 0 Å². The standard InChI is InChI=1S/C21H34N2O2/c1-13-5-4-6-14(2)23(13)20(25)19(24)22-15(3)21-10-16-7-17(11-21)9-18(8-16)12-21/h13-18H,4-12H2,1-3H3,(H,22,24). The number of carbonyl (C=O) groups is 2. The number of nitrogens with one attached hydrogen (secondary N) is 1. The Labute approximate surface area is 152 Å². The Bertz CT molecular complexity index is 513. The Morgan fingerprint density at radius 2 is 1.44 bits per heavy atom. The van der Waals surface area contributed by atoms with Crippen molar-refractivity contribution in [2.24, 2.45) is 23.2 Å². The van der Waals surface area contributed by atoms with Crippen molar-refractivity contribution >= 4 is 11.8 Å². The molecule has 1 N–H and O–H groups in total. The molecule has 1 saturated heterocycles. The summed E-state index contributed by atoms with van der Waals surface area (Å²) in [6.07, 6.45) is 11.1. The van der Waals surface area contributed by atoms with E-state index in [4.69, 9.17) is 0 Å². The SMILES string of the molecule is CC1CCCC(C)N1C(=O)C(=O)NC(C)C12CC3CC(CC(C3)C1)C2. The molecule has 25 heavy (non-hydrogen) atoms. The van der Waals surface area contributed by atoms with Crippen LogP contribution in [-0.2, 0) is 9.59 Å². The molecular formula is C21H34N2O2. The van der Waals surface area contributed by atoms with Crippen LogP contribution in [0.3, 0.4) is 0 Å². The van der Waals surface area contributed by atoms with E-state index in [-0.39, 0.29) is 35.4 Å². The molecule has 0 radical (unpaired) electrons. The Balaban J connectivity index is 1.43. The Hall–Kier alpha value is -1.06. The van der Waals surface area contributed by atoms with E-state index in [1.165, 1.54) is 38.5 Å². The minimum Gasteiger partial charge on any atom is -0.345 e. The molecule has 4 heteroatoms. The van der Waals surface area contributed by atoms with Crippen molar-refractivity contribution in [1.82, 2.24) is 10.2 Å². The maximum absolute atomic E-state index is 12.8. The molecule has 5 aliphatic rings. The number of piperidine rings is 1. The maximum atomic E-state index is 12.8. The monoisotopic (exact) mass is 346 g/mol. The molecule has 4 aliphatic carbocycles. The lowest BCUT2D eigenvalue weighted by Crippen LogP contribution is -2.59. The lowest BCUT2D eigenvalue weighted by molar-refractivity contribution is -0.151. The number of rotatable bonds is 2. The van der Waals surface area contributed by atoms with E-state index in [1.807, 2.05) is 4.90 Å². The third-order valence-corrected chi connectivity index (χ3v) is 7.97. The summed E-state index contributed by atoms with van der Waals surface area (Å²) in [5.74, 6) is 1.91. The maximum Gasteiger partial charge on any atom is 0.312 e. The van der Waals surface area contributed by atoms with Crippen molar-refractivity contribution in [3.8, 4) is 0 Å². The molecular weight excluding hydrogens is 312 g/mol. The summed E-state index contributed by atoms with van der Waals surface area (Å²) in [6, 6.07) is 0.474. The van der Waals surface area contributed by atoms with Crippen LogP contribution in [0, 0.1) is 23.2 Å². The van der Waals surface area contributed by atoms with Crippen molar-refractivity contribution in [1.29, 1.82) is 0 Å². The van der Waals surface area contributed by atoms with Crippen LogP contribution in [0.25, 0.3) is 0 Å². The lowest BCUT2D eigenvalue weighted by Gasteiger charge is -2.59. The van der Waals surface area contributed by atoms with Gasteiger partial charge in [-0.05, 0) is 102 Å². The van der Waals surface area contributed by atoms with Crippen molar-refractivity contribution < 1.29 is 9.59 Å². The topological polar surface area (TPSA) is 49.4 Å². The number of likely N-dealkylation sites (tertiary alicyclic amines) is 1. The zero-order valence-electron chi connectivity index (χ0n) is 16.1. The molecule has 0 aromatic rings. The van der Waals surface area contributed by atoms with Crippen LogP contribution in [0.2, 0.25) is 0 Å². The number of nitrogens with zero attached hydrogens (tertiary/aromatic N) is 1. The highest BCUT2D eigenvalue weighted by Crippen LogP contribution is 2.61. The molecule has 0 aromatic carbocycles. The van der Waals surface area contributed by atoms with Gasteiger partial charge < -0.3 is 10.2 Å². The van der Waals surface area contributed by atoms with E-state index < -0.39 is 0 Å². The van der Waals surface area contributed by atoms with Crippen LogP contribution in [-0.4, -0.2) is 34.8 Å². The third-order valence-electron chi connectivity index (χ3n) is 7.97. The largest absolute Gasteiger partial charge is 0.345 e. The summed E-state index contributed by atoms with van der Waals surface area (Å²) in [7, 11) is 0. The highest BCUT2D eigenvalue weighted by Gasteiger charge is 2.53. The molecule has 4 bridgehead atoms. The molecule has 2 amide bonds. The molecule has 4 saturated carbocycles. The molecule has 1 heterocycles. The molecule has 4 nitrogen and oxygen atoms in total. The van der Waals surface area contributed by atoms with Gasteiger partial charge in [0.1, 0.15) is 0 Å². The van der Waals surface area contributed by atoms with E-state index in [0.29, 0.717) is 0 Å². The van der Waals surface area contributed by atoms with E-state index in [1.54, 1.807) is 0 Å². The smallest absolute Gasteiger partial charge is 0.312 e. The lowest BCUT2D eigenvalue weighted by atomic mass is 9.48. The van der Waals surface area contributed by atoms with Gasteiger partial charge in [-0.2, -0.15) is 0 Å². The Morgan fingerprint density at radius 1 is 0.960 bits per heavy atom. The van der Waals surface area contributed by atoms with Gasteiger partial charge in [0, 0.05) is 18.1 Å². The second kappa shape index (κ2) is 6.28. The highest BCUT2D eigenvalue weighted by atomic mass is 16.2. The fourth-order valence-electron chi connectivity index (χ4n) is 7.06. The minimum absolute atomic E-state index is 0.118. The first-order chi connectivity index (χ1) is 11.9. The predicted molar refractivity (Wildman–Crippen MR) is 97.8 cm³/mol. The van der Waals surface area contributed by atoms with Crippen LogP contribution in [0.1, 0.15) is 78.6 Å². The normalized spacial score (nSPS) is 43.8. The van der Waals surface area contributed by atoms with E-state index in [2.05, 4.69) is 26.1 Å². The molecule has 0 spiro atoms. The zero-order valence-corrected chi connectivity index (χ0v) is 16.1. The molecule has 0 aromatic heterocycles. The predicted octanol–water partition coefficient (Wildman–Crippen LogP) is 3.50.